The topological polar surface area (TPSA) is 66.5 Å². The first-order valence-electron chi connectivity index (χ1n) is 10.3. The molecule has 1 atom stereocenters. The van der Waals surface area contributed by atoms with Crippen LogP contribution >= 0.6 is 11.6 Å². The van der Waals surface area contributed by atoms with Gasteiger partial charge in [0.1, 0.15) is 0 Å². The summed E-state index contributed by atoms with van der Waals surface area (Å²) < 4.78 is 26.2. The highest BCUT2D eigenvalue weighted by Gasteiger charge is 2.20. The maximum atomic E-state index is 12.5. The summed E-state index contributed by atoms with van der Waals surface area (Å²) in [5.41, 5.74) is 3.82. The highest BCUT2D eigenvalue weighted by molar-refractivity contribution is 7.92. The fourth-order valence-corrected chi connectivity index (χ4v) is 4.63. The minimum Gasteiger partial charge on any atom is -0.351 e. The minimum atomic E-state index is -3.51. The van der Waals surface area contributed by atoms with Gasteiger partial charge in [0.05, 0.1) is 18.5 Å². The molecule has 0 spiro atoms. The van der Waals surface area contributed by atoms with E-state index in [-0.39, 0.29) is 18.4 Å². The van der Waals surface area contributed by atoms with Gasteiger partial charge in [0, 0.05) is 17.1 Å². The van der Waals surface area contributed by atoms with Crippen molar-refractivity contribution in [1.82, 2.24) is 5.32 Å². The highest BCUT2D eigenvalue weighted by Crippen LogP contribution is 2.27. The van der Waals surface area contributed by atoms with Crippen molar-refractivity contribution in [3.63, 3.8) is 0 Å². The standard InChI is InChI=1S/C25H27ClN2O3S/c1-18-15-23(26)13-14-24(18)28(32(3,30)31)17-20-9-11-22(12-10-20)25(29)27-16-19(2)21-7-5-4-6-8-21/h4-15,19H,16-17H2,1-3H3,(H,27,29)/t19-/m0/s1. The second-order valence-corrected chi connectivity index (χ2v) is 10.3. The number of hydrogen-bond donors (Lipinski definition) is 1. The molecule has 0 aromatic heterocycles. The predicted octanol–water partition coefficient (Wildman–Crippen LogP) is 5.15. The lowest BCUT2D eigenvalue weighted by molar-refractivity contribution is 0.0951. The lowest BCUT2D eigenvalue weighted by atomic mass is 10.0. The van der Waals surface area contributed by atoms with E-state index in [1.165, 1.54) is 16.1 Å². The summed E-state index contributed by atoms with van der Waals surface area (Å²) >= 11 is 6.02. The number of aryl methyl sites for hydroxylation is 1. The van der Waals surface area contributed by atoms with E-state index in [1.807, 2.05) is 37.3 Å². The molecule has 5 nitrogen and oxygen atoms in total. The molecule has 0 aliphatic carbocycles. The van der Waals surface area contributed by atoms with Crippen LogP contribution in [0.1, 0.15) is 39.9 Å². The average Bonchev–Trinajstić information content (AvgIpc) is 2.76. The zero-order valence-electron chi connectivity index (χ0n) is 18.4. The van der Waals surface area contributed by atoms with Crippen molar-refractivity contribution in [2.45, 2.75) is 26.3 Å². The summed E-state index contributed by atoms with van der Waals surface area (Å²) in [7, 11) is -3.51. The van der Waals surface area contributed by atoms with Crippen LogP contribution in [0.2, 0.25) is 5.02 Å². The number of amides is 1. The number of carbonyl (C=O) groups excluding carboxylic acids is 1. The molecule has 0 unspecified atom stereocenters. The number of carbonyl (C=O) groups is 1. The number of hydrogen-bond acceptors (Lipinski definition) is 3. The molecule has 3 aromatic rings. The van der Waals surface area contributed by atoms with Gasteiger partial charge in [-0.25, -0.2) is 8.42 Å². The minimum absolute atomic E-state index is 0.159. The Labute approximate surface area is 195 Å². The Bertz CT molecular complexity index is 1180. The van der Waals surface area contributed by atoms with Gasteiger partial charge >= 0.3 is 0 Å². The molecule has 0 saturated heterocycles. The molecule has 0 fully saturated rings. The van der Waals surface area contributed by atoms with Gasteiger partial charge < -0.3 is 5.32 Å². The number of anilines is 1. The van der Waals surface area contributed by atoms with Gasteiger partial charge in [0.25, 0.3) is 5.91 Å². The van der Waals surface area contributed by atoms with Crippen molar-refractivity contribution in [3.05, 3.63) is 100 Å². The van der Waals surface area contributed by atoms with Crippen LogP contribution in [-0.4, -0.2) is 27.1 Å². The van der Waals surface area contributed by atoms with E-state index in [4.69, 9.17) is 11.6 Å². The third-order valence-electron chi connectivity index (χ3n) is 5.31. The number of sulfonamides is 1. The predicted molar refractivity (Wildman–Crippen MR) is 131 cm³/mol. The van der Waals surface area contributed by atoms with E-state index in [9.17, 15) is 13.2 Å². The smallest absolute Gasteiger partial charge is 0.251 e. The normalized spacial score (nSPS) is 12.2. The Morgan fingerprint density at radius 3 is 2.28 bits per heavy atom. The lowest BCUT2D eigenvalue weighted by Crippen LogP contribution is -2.30. The second-order valence-electron chi connectivity index (χ2n) is 7.92. The number of benzene rings is 3. The fraction of sp³-hybridized carbons (Fsp3) is 0.240. The number of nitrogens with zero attached hydrogens (tertiary/aromatic N) is 1. The molecular formula is C25H27ClN2O3S. The van der Waals surface area contributed by atoms with Crippen molar-refractivity contribution in [2.75, 3.05) is 17.1 Å². The molecule has 0 aliphatic rings. The average molecular weight is 471 g/mol. The van der Waals surface area contributed by atoms with Gasteiger partial charge in [-0.2, -0.15) is 0 Å². The van der Waals surface area contributed by atoms with Gasteiger partial charge in [-0.3, -0.25) is 9.10 Å². The molecule has 0 bridgehead atoms. The highest BCUT2D eigenvalue weighted by atomic mass is 35.5. The van der Waals surface area contributed by atoms with Crippen molar-refractivity contribution >= 4 is 33.2 Å². The second kappa shape index (κ2) is 10.2. The molecular weight excluding hydrogens is 444 g/mol. The zero-order valence-corrected chi connectivity index (χ0v) is 20.0. The monoisotopic (exact) mass is 470 g/mol. The summed E-state index contributed by atoms with van der Waals surface area (Å²) in [6.07, 6.45) is 1.18. The van der Waals surface area contributed by atoms with Crippen LogP contribution in [-0.2, 0) is 16.6 Å². The number of halogens is 1. The SMILES string of the molecule is Cc1cc(Cl)ccc1N(Cc1ccc(C(=O)NC[C@H](C)c2ccccc2)cc1)S(C)(=O)=O. The van der Waals surface area contributed by atoms with Gasteiger partial charge in [0.15, 0.2) is 0 Å². The molecule has 0 saturated carbocycles. The van der Waals surface area contributed by atoms with Crippen molar-refractivity contribution < 1.29 is 13.2 Å². The first-order valence-corrected chi connectivity index (χ1v) is 12.5. The molecule has 1 amide bonds. The molecule has 168 valence electrons. The molecule has 32 heavy (non-hydrogen) atoms. The van der Waals surface area contributed by atoms with Crippen LogP contribution in [0.25, 0.3) is 0 Å². The third-order valence-corrected chi connectivity index (χ3v) is 6.67. The van der Waals surface area contributed by atoms with Crippen molar-refractivity contribution in [1.29, 1.82) is 0 Å². The van der Waals surface area contributed by atoms with Crippen LogP contribution < -0.4 is 9.62 Å². The fourth-order valence-electron chi connectivity index (χ4n) is 3.45. The third kappa shape index (κ3) is 6.11. The summed E-state index contributed by atoms with van der Waals surface area (Å²) in [6, 6.07) is 22.1. The van der Waals surface area contributed by atoms with E-state index >= 15 is 0 Å². The first-order chi connectivity index (χ1) is 15.1. The molecule has 3 rings (SSSR count). The van der Waals surface area contributed by atoms with Crippen molar-refractivity contribution in [3.8, 4) is 0 Å². The summed E-state index contributed by atoms with van der Waals surface area (Å²) in [5.74, 6) is 0.0400. The molecule has 3 aromatic carbocycles. The van der Waals surface area contributed by atoms with E-state index in [2.05, 4.69) is 12.2 Å². The molecule has 0 aliphatic heterocycles. The first kappa shape index (κ1) is 23.8. The Hall–Kier alpha value is -2.83. The van der Waals surface area contributed by atoms with E-state index in [0.29, 0.717) is 22.8 Å². The van der Waals surface area contributed by atoms with Gasteiger partial charge in [-0.05, 0) is 59.9 Å². The molecule has 0 heterocycles. The van der Waals surface area contributed by atoms with E-state index in [1.54, 1.807) is 42.5 Å². The van der Waals surface area contributed by atoms with Crippen LogP contribution in [0.5, 0.6) is 0 Å². The summed E-state index contributed by atoms with van der Waals surface area (Å²) in [4.78, 5) is 12.5. The van der Waals surface area contributed by atoms with E-state index in [0.717, 1.165) is 11.1 Å². The summed E-state index contributed by atoms with van der Waals surface area (Å²) in [6.45, 7) is 4.58. The number of rotatable bonds is 8. The Morgan fingerprint density at radius 1 is 1.03 bits per heavy atom. The van der Waals surface area contributed by atoms with Crippen LogP contribution in [0.3, 0.4) is 0 Å². The molecule has 1 N–H and O–H groups in total. The van der Waals surface area contributed by atoms with Crippen molar-refractivity contribution in [2.24, 2.45) is 0 Å². The van der Waals surface area contributed by atoms with Gasteiger partial charge in [-0.15, -0.1) is 0 Å². The van der Waals surface area contributed by atoms with Crippen LogP contribution in [0.4, 0.5) is 5.69 Å². The quantitative estimate of drug-likeness (QED) is 0.495. The van der Waals surface area contributed by atoms with Gasteiger partial charge in [-0.1, -0.05) is 61.0 Å². The Balaban J connectivity index is 1.69. The molecule has 7 heteroatoms. The van der Waals surface area contributed by atoms with Crippen LogP contribution in [0.15, 0.2) is 72.8 Å². The van der Waals surface area contributed by atoms with Gasteiger partial charge in [0.2, 0.25) is 10.0 Å². The maximum absolute atomic E-state index is 12.5. The molecule has 0 radical (unpaired) electrons. The maximum Gasteiger partial charge on any atom is 0.251 e. The lowest BCUT2D eigenvalue weighted by Gasteiger charge is -2.24. The van der Waals surface area contributed by atoms with Crippen LogP contribution in [0, 0.1) is 6.92 Å². The van der Waals surface area contributed by atoms with E-state index < -0.39 is 10.0 Å². The Morgan fingerprint density at radius 2 is 1.69 bits per heavy atom. The summed E-state index contributed by atoms with van der Waals surface area (Å²) in [5, 5.41) is 3.52. The number of nitrogens with one attached hydrogen (secondary N) is 1. The Kier molecular flexibility index (Phi) is 7.59. The zero-order chi connectivity index (χ0) is 23.3. The largest absolute Gasteiger partial charge is 0.351 e.